The van der Waals surface area contributed by atoms with Gasteiger partial charge in [-0.25, -0.2) is 4.79 Å². The van der Waals surface area contributed by atoms with E-state index < -0.39 is 30.3 Å². The highest BCUT2D eigenvalue weighted by Gasteiger charge is 2.23. The molecular weight excluding hydrogens is 266 g/mol. The summed E-state index contributed by atoms with van der Waals surface area (Å²) in [5.41, 5.74) is 1.00. The van der Waals surface area contributed by atoms with Crippen molar-refractivity contribution in [3.05, 3.63) is 35.4 Å². The number of methoxy groups -OCH3 is 1. The minimum atomic E-state index is -1.47. The van der Waals surface area contributed by atoms with Crippen LogP contribution in [-0.4, -0.2) is 41.2 Å². The highest BCUT2D eigenvalue weighted by Crippen LogP contribution is 2.07. The second-order valence-electron chi connectivity index (χ2n) is 4.10. The molecule has 0 saturated carbocycles. The molecule has 0 radical (unpaired) electrons. The Bertz CT molecular complexity index is 513. The number of hydrogen-bond acceptors (Lipinski definition) is 4. The molecule has 1 rings (SSSR count). The predicted octanol–water partition coefficient (Wildman–Crippen LogP) is 0.491. The van der Waals surface area contributed by atoms with Gasteiger partial charge in [-0.15, -0.1) is 0 Å². The molecule has 1 amide bonds. The number of amides is 1. The SMILES string of the molecule is COCc1cccc(C(=O)NC(CC(=O)O)C(=O)O)c1. The second-order valence-corrected chi connectivity index (χ2v) is 4.10. The summed E-state index contributed by atoms with van der Waals surface area (Å²) in [7, 11) is 1.51. The van der Waals surface area contributed by atoms with Gasteiger partial charge in [0, 0.05) is 12.7 Å². The van der Waals surface area contributed by atoms with Gasteiger partial charge in [0.15, 0.2) is 0 Å². The van der Waals surface area contributed by atoms with Gasteiger partial charge in [-0.05, 0) is 17.7 Å². The fraction of sp³-hybridized carbons (Fsp3) is 0.308. The summed E-state index contributed by atoms with van der Waals surface area (Å²) < 4.78 is 4.93. The first kappa shape index (κ1) is 15.6. The number of benzene rings is 1. The molecule has 0 saturated heterocycles. The van der Waals surface area contributed by atoms with Gasteiger partial charge in [0.05, 0.1) is 13.0 Å². The number of hydrogen-bond donors (Lipinski definition) is 3. The van der Waals surface area contributed by atoms with Crippen LogP contribution in [0.25, 0.3) is 0 Å². The van der Waals surface area contributed by atoms with Crippen molar-refractivity contribution in [2.75, 3.05) is 7.11 Å². The van der Waals surface area contributed by atoms with Crippen LogP contribution in [0, 0.1) is 0 Å². The molecular formula is C13H15NO6. The number of aliphatic carboxylic acids is 2. The van der Waals surface area contributed by atoms with Crippen molar-refractivity contribution < 1.29 is 29.3 Å². The zero-order chi connectivity index (χ0) is 15.1. The minimum absolute atomic E-state index is 0.246. The molecule has 0 aliphatic rings. The Morgan fingerprint density at radius 1 is 1.30 bits per heavy atom. The lowest BCUT2D eigenvalue weighted by Crippen LogP contribution is -2.42. The minimum Gasteiger partial charge on any atom is -0.481 e. The summed E-state index contributed by atoms with van der Waals surface area (Å²) >= 11 is 0. The second kappa shape index (κ2) is 7.25. The average molecular weight is 281 g/mol. The van der Waals surface area contributed by atoms with Gasteiger partial charge in [0.1, 0.15) is 6.04 Å². The molecule has 1 unspecified atom stereocenters. The zero-order valence-electron chi connectivity index (χ0n) is 10.8. The van der Waals surface area contributed by atoms with Crippen LogP contribution in [0.5, 0.6) is 0 Å². The third kappa shape index (κ3) is 4.69. The van der Waals surface area contributed by atoms with Gasteiger partial charge in [-0.3, -0.25) is 9.59 Å². The molecule has 1 aromatic carbocycles. The number of ether oxygens (including phenoxy) is 1. The molecule has 20 heavy (non-hydrogen) atoms. The Morgan fingerprint density at radius 3 is 2.55 bits per heavy atom. The maximum Gasteiger partial charge on any atom is 0.326 e. The normalized spacial score (nSPS) is 11.7. The van der Waals surface area contributed by atoms with Gasteiger partial charge in [0.2, 0.25) is 0 Å². The molecule has 0 heterocycles. The van der Waals surface area contributed by atoms with E-state index in [1.807, 2.05) is 0 Å². The largest absolute Gasteiger partial charge is 0.481 e. The van der Waals surface area contributed by atoms with Crippen molar-refractivity contribution in [1.82, 2.24) is 5.32 Å². The summed E-state index contributed by atoms with van der Waals surface area (Å²) in [4.78, 5) is 33.3. The Morgan fingerprint density at radius 2 is 2.00 bits per heavy atom. The number of rotatable bonds is 7. The zero-order valence-corrected chi connectivity index (χ0v) is 10.8. The lowest BCUT2D eigenvalue weighted by molar-refractivity contribution is -0.145. The third-order valence-corrected chi connectivity index (χ3v) is 2.48. The molecule has 0 aliphatic heterocycles. The van der Waals surface area contributed by atoms with Crippen LogP contribution in [0.15, 0.2) is 24.3 Å². The first-order valence-electron chi connectivity index (χ1n) is 5.77. The van der Waals surface area contributed by atoms with Gasteiger partial charge in [-0.1, -0.05) is 12.1 Å². The van der Waals surface area contributed by atoms with Crippen molar-refractivity contribution in [3.63, 3.8) is 0 Å². The van der Waals surface area contributed by atoms with Crippen molar-refractivity contribution in [3.8, 4) is 0 Å². The first-order valence-corrected chi connectivity index (χ1v) is 5.77. The maximum atomic E-state index is 11.9. The Kier molecular flexibility index (Phi) is 5.67. The molecule has 108 valence electrons. The van der Waals surface area contributed by atoms with E-state index in [1.165, 1.54) is 13.2 Å². The molecule has 7 nitrogen and oxygen atoms in total. The standard InChI is InChI=1S/C13H15NO6/c1-20-7-8-3-2-4-9(5-8)12(17)14-10(13(18)19)6-11(15)16/h2-5,10H,6-7H2,1H3,(H,14,17)(H,15,16)(H,18,19). The molecule has 0 aromatic heterocycles. The molecule has 7 heteroatoms. The number of nitrogens with one attached hydrogen (secondary N) is 1. The monoisotopic (exact) mass is 281 g/mol. The summed E-state index contributed by atoms with van der Waals surface area (Å²) in [5, 5.41) is 19.6. The highest BCUT2D eigenvalue weighted by atomic mass is 16.5. The Hall–Kier alpha value is -2.41. The van der Waals surface area contributed by atoms with E-state index in [-0.39, 0.29) is 5.56 Å². The summed E-state index contributed by atoms with van der Waals surface area (Å²) in [6.07, 6.45) is -0.682. The molecule has 0 spiro atoms. The molecule has 0 bridgehead atoms. The van der Waals surface area contributed by atoms with E-state index in [0.717, 1.165) is 5.56 Å². The first-order chi connectivity index (χ1) is 9.43. The molecule has 3 N–H and O–H groups in total. The Labute approximate surface area is 115 Å². The van der Waals surface area contributed by atoms with Gasteiger partial charge >= 0.3 is 11.9 Å². The quantitative estimate of drug-likeness (QED) is 0.670. The van der Waals surface area contributed by atoms with Crippen molar-refractivity contribution >= 4 is 17.8 Å². The van der Waals surface area contributed by atoms with Gasteiger partial charge in [-0.2, -0.15) is 0 Å². The Balaban J connectivity index is 2.80. The van der Waals surface area contributed by atoms with Crippen LogP contribution < -0.4 is 5.32 Å². The van der Waals surface area contributed by atoms with Gasteiger partial charge < -0.3 is 20.3 Å². The third-order valence-electron chi connectivity index (χ3n) is 2.48. The van der Waals surface area contributed by atoms with Crippen molar-refractivity contribution in [2.24, 2.45) is 0 Å². The van der Waals surface area contributed by atoms with E-state index in [1.54, 1.807) is 18.2 Å². The number of carboxylic acid groups (broad SMARTS) is 2. The fourth-order valence-electron chi connectivity index (χ4n) is 1.59. The topological polar surface area (TPSA) is 113 Å². The molecule has 1 aromatic rings. The maximum absolute atomic E-state index is 11.9. The predicted molar refractivity (Wildman–Crippen MR) is 68.3 cm³/mol. The van der Waals surface area contributed by atoms with Crippen LogP contribution in [-0.2, 0) is 20.9 Å². The number of carbonyl (C=O) groups excluding carboxylic acids is 1. The van der Waals surface area contributed by atoms with Crippen LogP contribution in [0.2, 0.25) is 0 Å². The smallest absolute Gasteiger partial charge is 0.326 e. The fourth-order valence-corrected chi connectivity index (χ4v) is 1.59. The molecule has 1 atom stereocenters. The lowest BCUT2D eigenvalue weighted by Gasteiger charge is -2.12. The molecule has 0 aliphatic carbocycles. The van der Waals surface area contributed by atoms with E-state index >= 15 is 0 Å². The summed E-state index contributed by atoms with van der Waals surface area (Å²) in [6.45, 7) is 0.318. The van der Waals surface area contributed by atoms with E-state index in [9.17, 15) is 14.4 Å². The number of carbonyl (C=O) groups is 3. The average Bonchev–Trinajstić information content (AvgIpc) is 2.38. The summed E-state index contributed by atoms with van der Waals surface area (Å²) in [5.74, 6) is -3.34. The van der Waals surface area contributed by atoms with Crippen LogP contribution in [0.4, 0.5) is 0 Å². The van der Waals surface area contributed by atoms with E-state index in [4.69, 9.17) is 14.9 Å². The van der Waals surface area contributed by atoms with E-state index in [0.29, 0.717) is 6.61 Å². The van der Waals surface area contributed by atoms with Crippen molar-refractivity contribution in [1.29, 1.82) is 0 Å². The van der Waals surface area contributed by atoms with Gasteiger partial charge in [0.25, 0.3) is 5.91 Å². The molecule has 0 fully saturated rings. The highest BCUT2D eigenvalue weighted by molar-refractivity contribution is 5.97. The lowest BCUT2D eigenvalue weighted by atomic mass is 10.1. The van der Waals surface area contributed by atoms with Crippen LogP contribution in [0.3, 0.4) is 0 Å². The van der Waals surface area contributed by atoms with E-state index in [2.05, 4.69) is 5.32 Å². The van der Waals surface area contributed by atoms with Crippen molar-refractivity contribution in [2.45, 2.75) is 19.1 Å². The number of carboxylic acids is 2. The summed E-state index contributed by atoms with van der Waals surface area (Å²) in [6, 6.07) is 4.99. The van der Waals surface area contributed by atoms with Crippen LogP contribution >= 0.6 is 0 Å². The van der Waals surface area contributed by atoms with Crippen LogP contribution in [0.1, 0.15) is 22.3 Å².